The van der Waals surface area contributed by atoms with Gasteiger partial charge in [-0.25, -0.2) is 9.97 Å². The molecule has 0 aliphatic heterocycles. The highest BCUT2D eigenvalue weighted by Gasteiger charge is 2.10. The highest BCUT2D eigenvalue weighted by molar-refractivity contribution is 6.33. The van der Waals surface area contributed by atoms with Crippen molar-refractivity contribution in [2.45, 2.75) is 6.92 Å². The summed E-state index contributed by atoms with van der Waals surface area (Å²) >= 11 is 6.01. The minimum atomic E-state index is -0.345. The second kappa shape index (κ2) is 5.67. The Morgan fingerprint density at radius 2 is 2.05 bits per heavy atom. The number of nitrogens with one attached hydrogen (secondary N) is 2. The van der Waals surface area contributed by atoms with Gasteiger partial charge in [-0.2, -0.15) is 0 Å². The maximum atomic E-state index is 12.0. The van der Waals surface area contributed by atoms with Gasteiger partial charge in [-0.05, 0) is 24.6 Å². The molecule has 2 N–H and O–H groups in total. The SMILES string of the molecule is CNc1cnc(C(=O)Nc2cc(C)ccc2Cl)cn1. The highest BCUT2D eigenvalue weighted by Crippen LogP contribution is 2.23. The molecule has 1 aromatic heterocycles. The van der Waals surface area contributed by atoms with Crippen LogP contribution in [0.3, 0.4) is 0 Å². The minimum absolute atomic E-state index is 0.233. The number of carbonyl (C=O) groups excluding carboxylic acids is 1. The zero-order valence-corrected chi connectivity index (χ0v) is 11.3. The number of anilines is 2. The molecule has 0 spiro atoms. The first-order valence-electron chi connectivity index (χ1n) is 5.67. The summed E-state index contributed by atoms with van der Waals surface area (Å²) in [7, 11) is 1.73. The molecule has 5 nitrogen and oxygen atoms in total. The third kappa shape index (κ3) is 3.20. The largest absolute Gasteiger partial charge is 0.372 e. The van der Waals surface area contributed by atoms with Crippen molar-refractivity contribution in [3.63, 3.8) is 0 Å². The summed E-state index contributed by atoms with van der Waals surface area (Å²) in [4.78, 5) is 20.0. The monoisotopic (exact) mass is 276 g/mol. The number of halogens is 1. The van der Waals surface area contributed by atoms with Crippen LogP contribution in [-0.4, -0.2) is 22.9 Å². The van der Waals surface area contributed by atoms with Crippen LogP contribution >= 0.6 is 11.6 Å². The van der Waals surface area contributed by atoms with E-state index in [4.69, 9.17) is 11.6 Å². The molecular formula is C13H13ClN4O. The predicted octanol–water partition coefficient (Wildman–Crippen LogP) is 2.73. The van der Waals surface area contributed by atoms with Crippen LogP contribution in [-0.2, 0) is 0 Å². The van der Waals surface area contributed by atoms with Gasteiger partial charge in [-0.3, -0.25) is 4.79 Å². The Morgan fingerprint density at radius 1 is 1.26 bits per heavy atom. The normalized spacial score (nSPS) is 10.1. The first kappa shape index (κ1) is 13.3. The van der Waals surface area contributed by atoms with Gasteiger partial charge in [-0.1, -0.05) is 17.7 Å². The highest BCUT2D eigenvalue weighted by atomic mass is 35.5. The summed E-state index contributed by atoms with van der Waals surface area (Å²) in [5.74, 6) is 0.257. The fraction of sp³-hybridized carbons (Fsp3) is 0.154. The number of carbonyl (C=O) groups is 1. The molecule has 0 aliphatic rings. The van der Waals surface area contributed by atoms with E-state index in [1.54, 1.807) is 19.2 Å². The Labute approximate surface area is 116 Å². The summed E-state index contributed by atoms with van der Waals surface area (Å²) in [5.41, 5.74) is 1.80. The van der Waals surface area contributed by atoms with Gasteiger partial charge >= 0.3 is 0 Å². The van der Waals surface area contributed by atoms with E-state index in [0.29, 0.717) is 16.5 Å². The molecule has 19 heavy (non-hydrogen) atoms. The minimum Gasteiger partial charge on any atom is -0.372 e. The van der Waals surface area contributed by atoms with E-state index < -0.39 is 0 Å². The lowest BCUT2D eigenvalue weighted by atomic mass is 10.2. The van der Waals surface area contributed by atoms with E-state index in [1.165, 1.54) is 12.4 Å². The molecule has 2 rings (SSSR count). The number of benzene rings is 1. The Morgan fingerprint density at radius 3 is 2.68 bits per heavy atom. The smallest absolute Gasteiger partial charge is 0.275 e. The molecule has 0 unspecified atom stereocenters. The molecule has 1 heterocycles. The van der Waals surface area contributed by atoms with Crippen molar-refractivity contribution in [1.29, 1.82) is 0 Å². The Balaban J connectivity index is 2.18. The molecule has 98 valence electrons. The Hall–Kier alpha value is -2.14. The molecule has 0 saturated carbocycles. The van der Waals surface area contributed by atoms with Crippen molar-refractivity contribution in [2.24, 2.45) is 0 Å². The van der Waals surface area contributed by atoms with Gasteiger partial charge in [0.05, 0.1) is 23.1 Å². The zero-order valence-electron chi connectivity index (χ0n) is 10.6. The fourth-order valence-corrected chi connectivity index (χ4v) is 1.66. The van der Waals surface area contributed by atoms with Gasteiger partial charge in [0.1, 0.15) is 11.5 Å². The van der Waals surface area contributed by atoms with Crippen LogP contribution in [0.2, 0.25) is 5.02 Å². The molecule has 1 aromatic carbocycles. The van der Waals surface area contributed by atoms with E-state index >= 15 is 0 Å². The van der Waals surface area contributed by atoms with Gasteiger partial charge in [0.15, 0.2) is 0 Å². The predicted molar refractivity (Wildman–Crippen MR) is 75.7 cm³/mol. The lowest BCUT2D eigenvalue weighted by Crippen LogP contribution is -2.14. The molecule has 1 amide bonds. The van der Waals surface area contributed by atoms with Crippen molar-refractivity contribution in [1.82, 2.24) is 9.97 Å². The first-order valence-corrected chi connectivity index (χ1v) is 6.05. The summed E-state index contributed by atoms with van der Waals surface area (Å²) < 4.78 is 0. The third-order valence-corrected chi connectivity index (χ3v) is 2.84. The number of aryl methyl sites for hydroxylation is 1. The van der Waals surface area contributed by atoms with Crippen LogP contribution in [0.15, 0.2) is 30.6 Å². The molecule has 6 heteroatoms. The van der Waals surface area contributed by atoms with Crippen LogP contribution in [0.1, 0.15) is 16.1 Å². The molecule has 0 fully saturated rings. The van der Waals surface area contributed by atoms with Gasteiger partial charge in [-0.15, -0.1) is 0 Å². The van der Waals surface area contributed by atoms with Crippen molar-refractivity contribution in [3.8, 4) is 0 Å². The molecular weight excluding hydrogens is 264 g/mol. The number of rotatable bonds is 3. The maximum absolute atomic E-state index is 12.0. The summed E-state index contributed by atoms with van der Waals surface area (Å²) in [6.07, 6.45) is 2.90. The standard InChI is InChI=1S/C13H13ClN4O/c1-8-3-4-9(14)10(5-8)18-13(19)11-6-17-12(15-2)7-16-11/h3-7H,1-2H3,(H,15,17)(H,18,19). The third-order valence-electron chi connectivity index (χ3n) is 2.51. The van der Waals surface area contributed by atoms with Crippen molar-refractivity contribution in [3.05, 3.63) is 46.9 Å². The van der Waals surface area contributed by atoms with Crippen LogP contribution in [0, 0.1) is 6.92 Å². The number of nitrogens with zero attached hydrogens (tertiary/aromatic N) is 2. The molecule has 2 aromatic rings. The van der Waals surface area contributed by atoms with Gasteiger partial charge < -0.3 is 10.6 Å². The van der Waals surface area contributed by atoms with Crippen LogP contribution in [0.4, 0.5) is 11.5 Å². The topological polar surface area (TPSA) is 66.9 Å². The second-order valence-corrected chi connectivity index (χ2v) is 4.38. The lowest BCUT2D eigenvalue weighted by Gasteiger charge is -2.07. The van der Waals surface area contributed by atoms with Crippen molar-refractivity contribution >= 4 is 29.0 Å². The van der Waals surface area contributed by atoms with Crippen LogP contribution in [0.25, 0.3) is 0 Å². The molecule has 0 saturated heterocycles. The quantitative estimate of drug-likeness (QED) is 0.905. The number of hydrogen-bond donors (Lipinski definition) is 2. The Bertz CT molecular complexity index is 598. The molecule has 0 bridgehead atoms. The molecule has 0 atom stereocenters. The van der Waals surface area contributed by atoms with Crippen molar-refractivity contribution < 1.29 is 4.79 Å². The zero-order chi connectivity index (χ0) is 13.8. The average Bonchev–Trinajstić information content (AvgIpc) is 2.43. The fourth-order valence-electron chi connectivity index (χ4n) is 1.50. The van der Waals surface area contributed by atoms with Crippen LogP contribution < -0.4 is 10.6 Å². The van der Waals surface area contributed by atoms with Gasteiger partial charge in [0.2, 0.25) is 0 Å². The summed E-state index contributed by atoms with van der Waals surface area (Å²) in [6, 6.07) is 5.41. The van der Waals surface area contributed by atoms with E-state index in [9.17, 15) is 4.79 Å². The van der Waals surface area contributed by atoms with Gasteiger partial charge in [0.25, 0.3) is 5.91 Å². The van der Waals surface area contributed by atoms with E-state index in [0.717, 1.165) is 5.56 Å². The summed E-state index contributed by atoms with van der Waals surface area (Å²) in [6.45, 7) is 1.92. The number of amides is 1. The second-order valence-electron chi connectivity index (χ2n) is 3.97. The van der Waals surface area contributed by atoms with E-state index in [-0.39, 0.29) is 11.6 Å². The molecule has 0 radical (unpaired) electrons. The van der Waals surface area contributed by atoms with Gasteiger partial charge in [0, 0.05) is 7.05 Å². The summed E-state index contributed by atoms with van der Waals surface area (Å²) in [5, 5.41) is 6.03. The maximum Gasteiger partial charge on any atom is 0.275 e. The van der Waals surface area contributed by atoms with E-state index in [1.807, 2.05) is 13.0 Å². The lowest BCUT2D eigenvalue weighted by molar-refractivity contribution is 0.102. The Kier molecular flexibility index (Phi) is 3.97. The van der Waals surface area contributed by atoms with Crippen LogP contribution in [0.5, 0.6) is 0 Å². The molecule has 0 aliphatic carbocycles. The number of hydrogen-bond acceptors (Lipinski definition) is 4. The number of aromatic nitrogens is 2. The average molecular weight is 277 g/mol. The van der Waals surface area contributed by atoms with E-state index in [2.05, 4.69) is 20.6 Å². The first-order chi connectivity index (χ1) is 9.10. The van der Waals surface area contributed by atoms with Crippen molar-refractivity contribution in [2.75, 3.05) is 17.7 Å².